The van der Waals surface area contributed by atoms with Crippen LogP contribution in [0.2, 0.25) is 0 Å². The number of anilines is 2. The van der Waals surface area contributed by atoms with Gasteiger partial charge in [0.05, 0.1) is 16.1 Å². The zero-order chi connectivity index (χ0) is 14.1. The number of non-ortho nitro benzene ring substituents is 1. The number of nitro groups is 1. The summed E-state index contributed by atoms with van der Waals surface area (Å²) in [6, 6.07) is 4.28. The first kappa shape index (κ1) is 14.2. The van der Waals surface area contributed by atoms with Crippen LogP contribution >= 0.6 is 0 Å². The van der Waals surface area contributed by atoms with Crippen molar-refractivity contribution >= 4 is 17.1 Å². The van der Waals surface area contributed by atoms with Crippen LogP contribution in [0.1, 0.15) is 27.7 Å². The van der Waals surface area contributed by atoms with Gasteiger partial charge in [-0.15, -0.1) is 0 Å². The van der Waals surface area contributed by atoms with Crippen LogP contribution in [-0.2, 0) is 0 Å². The Kier molecular flexibility index (Phi) is 3.52. The summed E-state index contributed by atoms with van der Waals surface area (Å²) in [5.74, 6) is 0. The van der Waals surface area contributed by atoms with Gasteiger partial charge in [-0.1, -0.05) is 0 Å². The molecule has 100 valence electrons. The Morgan fingerprint density at radius 2 is 1.83 bits per heavy atom. The number of nitrogens with zero attached hydrogens (tertiary/aromatic N) is 1. The van der Waals surface area contributed by atoms with Crippen molar-refractivity contribution in [2.45, 2.75) is 38.8 Å². The van der Waals surface area contributed by atoms with E-state index in [9.17, 15) is 15.2 Å². The molecule has 0 saturated heterocycles. The van der Waals surface area contributed by atoms with E-state index < -0.39 is 16.1 Å². The van der Waals surface area contributed by atoms with Gasteiger partial charge in [0.15, 0.2) is 0 Å². The minimum atomic E-state index is -0.994. The molecule has 1 aromatic rings. The number of benzene rings is 1. The summed E-state index contributed by atoms with van der Waals surface area (Å²) in [5, 5.41) is 23.8. The van der Waals surface area contributed by atoms with E-state index in [4.69, 9.17) is 5.73 Å². The second-order valence-electron chi connectivity index (χ2n) is 5.38. The predicted molar refractivity (Wildman–Crippen MR) is 71.5 cm³/mol. The smallest absolute Gasteiger partial charge is 0.273 e. The number of nitro benzene ring substituents is 1. The van der Waals surface area contributed by atoms with Gasteiger partial charge in [-0.3, -0.25) is 10.1 Å². The standard InChI is InChI=1S/C12H19N3O3/c1-11(2,12(3,4)16)14-9-5-8(13)6-10(7-9)15(17)18/h5-7,14,16H,13H2,1-4H3. The maximum atomic E-state index is 10.7. The molecule has 6 heteroatoms. The minimum Gasteiger partial charge on any atom is -0.398 e. The van der Waals surface area contributed by atoms with Crippen molar-refractivity contribution in [3.05, 3.63) is 28.3 Å². The Morgan fingerprint density at radius 1 is 1.28 bits per heavy atom. The summed E-state index contributed by atoms with van der Waals surface area (Å²) in [6.45, 7) is 6.95. The predicted octanol–water partition coefficient (Wildman–Crippen LogP) is 2.14. The average Bonchev–Trinajstić information content (AvgIpc) is 2.13. The van der Waals surface area contributed by atoms with E-state index in [-0.39, 0.29) is 5.69 Å². The summed E-state index contributed by atoms with van der Waals surface area (Å²) in [5.41, 5.74) is 4.70. The lowest BCUT2D eigenvalue weighted by Gasteiger charge is -2.38. The number of nitrogens with one attached hydrogen (secondary N) is 1. The van der Waals surface area contributed by atoms with Crippen molar-refractivity contribution in [2.24, 2.45) is 0 Å². The van der Waals surface area contributed by atoms with Gasteiger partial charge in [-0.2, -0.15) is 0 Å². The lowest BCUT2D eigenvalue weighted by atomic mass is 9.86. The third-order valence-electron chi connectivity index (χ3n) is 3.14. The highest BCUT2D eigenvalue weighted by Gasteiger charge is 2.35. The molecule has 0 bridgehead atoms. The third kappa shape index (κ3) is 3.10. The van der Waals surface area contributed by atoms with Gasteiger partial charge >= 0.3 is 0 Å². The van der Waals surface area contributed by atoms with Gasteiger partial charge in [0, 0.05) is 23.5 Å². The maximum absolute atomic E-state index is 10.7. The number of aliphatic hydroxyl groups is 1. The fraction of sp³-hybridized carbons (Fsp3) is 0.500. The lowest BCUT2D eigenvalue weighted by molar-refractivity contribution is -0.384. The molecule has 0 fully saturated rings. The molecular weight excluding hydrogens is 234 g/mol. The van der Waals surface area contributed by atoms with E-state index in [2.05, 4.69) is 5.32 Å². The molecule has 4 N–H and O–H groups in total. The Hall–Kier alpha value is -1.82. The van der Waals surface area contributed by atoms with Crippen LogP contribution in [0.5, 0.6) is 0 Å². The number of hydrogen-bond acceptors (Lipinski definition) is 5. The van der Waals surface area contributed by atoms with Gasteiger partial charge in [0.2, 0.25) is 0 Å². The van der Waals surface area contributed by atoms with E-state index >= 15 is 0 Å². The molecule has 6 nitrogen and oxygen atoms in total. The van der Waals surface area contributed by atoms with Crippen molar-refractivity contribution in [3.63, 3.8) is 0 Å². The molecule has 0 heterocycles. The van der Waals surface area contributed by atoms with Crippen LogP contribution in [0.25, 0.3) is 0 Å². The van der Waals surface area contributed by atoms with Crippen LogP contribution in [0, 0.1) is 10.1 Å². The molecule has 18 heavy (non-hydrogen) atoms. The van der Waals surface area contributed by atoms with E-state index in [1.807, 2.05) is 13.8 Å². The van der Waals surface area contributed by atoms with Crippen molar-refractivity contribution in [2.75, 3.05) is 11.1 Å². The Morgan fingerprint density at radius 3 is 2.28 bits per heavy atom. The minimum absolute atomic E-state index is 0.0796. The lowest BCUT2D eigenvalue weighted by Crippen LogP contribution is -2.51. The van der Waals surface area contributed by atoms with Crippen molar-refractivity contribution < 1.29 is 10.0 Å². The van der Waals surface area contributed by atoms with Gasteiger partial charge in [0.25, 0.3) is 5.69 Å². The average molecular weight is 253 g/mol. The van der Waals surface area contributed by atoms with Crippen molar-refractivity contribution in [1.29, 1.82) is 0 Å². The number of nitrogens with two attached hydrogens (primary N) is 1. The summed E-state index contributed by atoms with van der Waals surface area (Å²) in [7, 11) is 0. The zero-order valence-corrected chi connectivity index (χ0v) is 11.0. The first-order chi connectivity index (χ1) is 8.03. The molecule has 0 aliphatic heterocycles. The first-order valence-corrected chi connectivity index (χ1v) is 5.58. The Labute approximate surface area is 106 Å². The highest BCUT2D eigenvalue weighted by atomic mass is 16.6. The summed E-state index contributed by atoms with van der Waals surface area (Å²) < 4.78 is 0. The Balaban J connectivity index is 3.09. The van der Waals surface area contributed by atoms with Crippen LogP contribution in [0.15, 0.2) is 18.2 Å². The molecule has 0 aliphatic rings. The summed E-state index contributed by atoms with van der Waals surface area (Å²) >= 11 is 0. The van der Waals surface area contributed by atoms with E-state index in [1.165, 1.54) is 12.1 Å². The van der Waals surface area contributed by atoms with Crippen LogP contribution in [0.4, 0.5) is 17.1 Å². The second kappa shape index (κ2) is 4.45. The topological polar surface area (TPSA) is 101 Å². The third-order valence-corrected chi connectivity index (χ3v) is 3.14. The molecule has 1 rings (SSSR count). The van der Waals surface area contributed by atoms with Crippen molar-refractivity contribution in [1.82, 2.24) is 0 Å². The first-order valence-electron chi connectivity index (χ1n) is 5.58. The highest BCUT2D eigenvalue weighted by Crippen LogP contribution is 2.29. The van der Waals surface area contributed by atoms with Gasteiger partial charge < -0.3 is 16.2 Å². The molecule has 0 spiro atoms. The molecule has 0 unspecified atom stereocenters. The quantitative estimate of drug-likeness (QED) is 0.433. The summed E-state index contributed by atoms with van der Waals surface area (Å²) in [4.78, 5) is 10.2. The van der Waals surface area contributed by atoms with Gasteiger partial charge in [-0.05, 0) is 33.8 Å². The van der Waals surface area contributed by atoms with Gasteiger partial charge in [0.1, 0.15) is 0 Å². The van der Waals surface area contributed by atoms with Gasteiger partial charge in [-0.25, -0.2) is 0 Å². The normalized spacial score (nSPS) is 12.3. The monoisotopic (exact) mass is 253 g/mol. The molecule has 0 radical (unpaired) electrons. The fourth-order valence-electron chi connectivity index (χ4n) is 1.33. The van der Waals surface area contributed by atoms with E-state index in [1.54, 1.807) is 19.9 Å². The number of hydrogen-bond donors (Lipinski definition) is 3. The highest BCUT2D eigenvalue weighted by molar-refractivity contribution is 5.62. The largest absolute Gasteiger partial charge is 0.398 e. The number of nitrogen functional groups attached to an aromatic ring is 1. The zero-order valence-electron chi connectivity index (χ0n) is 11.0. The molecule has 1 aromatic carbocycles. The van der Waals surface area contributed by atoms with E-state index in [0.717, 1.165) is 0 Å². The maximum Gasteiger partial charge on any atom is 0.273 e. The Bertz CT molecular complexity index is 464. The fourth-order valence-corrected chi connectivity index (χ4v) is 1.33. The second-order valence-corrected chi connectivity index (χ2v) is 5.38. The van der Waals surface area contributed by atoms with Crippen LogP contribution in [-0.4, -0.2) is 21.2 Å². The van der Waals surface area contributed by atoms with Crippen LogP contribution < -0.4 is 11.1 Å². The molecular formula is C12H19N3O3. The molecule has 0 saturated carbocycles. The summed E-state index contributed by atoms with van der Waals surface area (Å²) in [6.07, 6.45) is 0. The molecule has 0 amide bonds. The van der Waals surface area contributed by atoms with Crippen molar-refractivity contribution in [3.8, 4) is 0 Å². The number of rotatable bonds is 4. The SMILES string of the molecule is CC(C)(O)C(C)(C)Nc1cc(N)cc([N+](=O)[O-])c1. The van der Waals surface area contributed by atoms with Crippen LogP contribution in [0.3, 0.4) is 0 Å². The molecule has 0 aromatic heterocycles. The van der Waals surface area contributed by atoms with E-state index in [0.29, 0.717) is 11.4 Å². The molecule has 0 aliphatic carbocycles. The molecule has 0 atom stereocenters.